The van der Waals surface area contributed by atoms with E-state index in [1.54, 1.807) is 0 Å². The number of hydrogen-bond acceptors (Lipinski definition) is 2. The lowest BCUT2D eigenvalue weighted by Crippen LogP contribution is -2.39. The highest BCUT2D eigenvalue weighted by Crippen LogP contribution is 2.27. The summed E-state index contributed by atoms with van der Waals surface area (Å²) in [6.07, 6.45) is 0. The summed E-state index contributed by atoms with van der Waals surface area (Å²) in [7, 11) is 1.98. The molecule has 2 aromatic carbocycles. The van der Waals surface area contributed by atoms with Gasteiger partial charge in [-0.15, -0.1) is 0 Å². The van der Waals surface area contributed by atoms with E-state index in [9.17, 15) is 4.79 Å². The van der Waals surface area contributed by atoms with Gasteiger partial charge in [0.15, 0.2) is 0 Å². The molecule has 0 saturated heterocycles. The van der Waals surface area contributed by atoms with Crippen LogP contribution in [0.15, 0.2) is 48.5 Å². The molecule has 2 rings (SSSR count). The van der Waals surface area contributed by atoms with E-state index in [0.717, 1.165) is 17.8 Å². The fourth-order valence-corrected chi connectivity index (χ4v) is 2.78. The van der Waals surface area contributed by atoms with Crippen LogP contribution in [0.3, 0.4) is 0 Å². The Labute approximate surface area is 145 Å². The summed E-state index contributed by atoms with van der Waals surface area (Å²) in [5.74, 6) is 0.405. The first-order valence-electron chi connectivity index (χ1n) is 8.54. The molecule has 0 spiro atoms. The third kappa shape index (κ3) is 4.45. The van der Waals surface area contributed by atoms with Crippen molar-refractivity contribution in [1.82, 2.24) is 4.90 Å². The number of anilines is 1. The summed E-state index contributed by atoms with van der Waals surface area (Å²) in [5, 5.41) is 3.15. The van der Waals surface area contributed by atoms with Crippen LogP contribution in [0, 0.1) is 6.92 Å². The van der Waals surface area contributed by atoms with Crippen molar-refractivity contribution >= 4 is 11.6 Å². The number of aryl methyl sites for hydroxylation is 1. The minimum Gasteiger partial charge on any atom is -0.324 e. The van der Waals surface area contributed by atoms with Crippen molar-refractivity contribution in [3.05, 3.63) is 65.2 Å². The summed E-state index contributed by atoms with van der Waals surface area (Å²) in [6, 6.07) is 16.2. The quantitative estimate of drug-likeness (QED) is 0.843. The predicted octanol–water partition coefficient (Wildman–Crippen LogP) is 4.58. The van der Waals surface area contributed by atoms with Crippen molar-refractivity contribution in [2.75, 3.05) is 12.4 Å². The molecule has 0 fully saturated rings. The molecule has 0 bridgehead atoms. The molecule has 3 heteroatoms. The van der Waals surface area contributed by atoms with E-state index < -0.39 is 0 Å². The molecule has 24 heavy (non-hydrogen) atoms. The van der Waals surface area contributed by atoms with Gasteiger partial charge >= 0.3 is 0 Å². The van der Waals surface area contributed by atoms with Gasteiger partial charge in [-0.25, -0.2) is 0 Å². The van der Waals surface area contributed by atoms with Crippen LogP contribution in [-0.4, -0.2) is 23.9 Å². The highest BCUT2D eigenvalue weighted by Gasteiger charge is 2.20. The third-order valence-electron chi connectivity index (χ3n) is 4.49. The van der Waals surface area contributed by atoms with Gasteiger partial charge in [0.25, 0.3) is 0 Å². The second kappa shape index (κ2) is 8.11. The molecule has 0 aliphatic rings. The summed E-state index contributed by atoms with van der Waals surface area (Å²) in [6.45, 7) is 9.04. The Balaban J connectivity index is 2.09. The van der Waals surface area contributed by atoms with Crippen LogP contribution < -0.4 is 5.32 Å². The second-order valence-electron chi connectivity index (χ2n) is 6.76. The number of nitrogens with one attached hydrogen (secondary N) is 1. The molecule has 0 aliphatic carbocycles. The van der Waals surface area contributed by atoms with Crippen molar-refractivity contribution in [1.29, 1.82) is 0 Å². The van der Waals surface area contributed by atoms with E-state index >= 15 is 0 Å². The SMILES string of the molecule is Cc1cccc(C(C)C)c1NC(=O)[C@H](C)N(C)Cc1ccccc1. The van der Waals surface area contributed by atoms with Crippen LogP contribution in [0.25, 0.3) is 0 Å². The molecule has 0 unspecified atom stereocenters. The normalized spacial score (nSPS) is 12.5. The molecule has 2 aromatic rings. The molecule has 0 heterocycles. The van der Waals surface area contributed by atoms with Crippen molar-refractivity contribution in [3.8, 4) is 0 Å². The highest BCUT2D eigenvalue weighted by molar-refractivity contribution is 5.96. The average molecular weight is 324 g/mol. The van der Waals surface area contributed by atoms with Crippen LogP contribution in [0.1, 0.15) is 43.4 Å². The molecule has 128 valence electrons. The first-order chi connectivity index (χ1) is 11.4. The van der Waals surface area contributed by atoms with Gasteiger partial charge in [0.2, 0.25) is 5.91 Å². The lowest BCUT2D eigenvalue weighted by molar-refractivity contribution is -0.120. The number of amides is 1. The smallest absolute Gasteiger partial charge is 0.241 e. The van der Waals surface area contributed by atoms with Crippen LogP contribution in [0.5, 0.6) is 0 Å². The number of rotatable bonds is 6. The Bertz CT molecular complexity index is 679. The molecule has 1 amide bonds. The summed E-state index contributed by atoms with van der Waals surface area (Å²) < 4.78 is 0. The monoisotopic (exact) mass is 324 g/mol. The topological polar surface area (TPSA) is 32.3 Å². The molecule has 0 aliphatic heterocycles. The molecule has 1 N–H and O–H groups in total. The van der Waals surface area contributed by atoms with Gasteiger partial charge in [-0.1, -0.05) is 62.4 Å². The highest BCUT2D eigenvalue weighted by atomic mass is 16.2. The Morgan fingerprint density at radius 1 is 1.04 bits per heavy atom. The van der Waals surface area contributed by atoms with Crippen LogP contribution in [-0.2, 0) is 11.3 Å². The van der Waals surface area contributed by atoms with E-state index in [4.69, 9.17) is 0 Å². The standard InChI is InChI=1S/C21H28N2O/c1-15(2)19-13-9-10-16(3)20(19)22-21(24)17(4)23(5)14-18-11-7-6-8-12-18/h6-13,15,17H,14H2,1-5H3,(H,22,24)/t17-/m0/s1. The third-order valence-corrected chi connectivity index (χ3v) is 4.49. The number of hydrogen-bond donors (Lipinski definition) is 1. The Hall–Kier alpha value is -2.13. The van der Waals surface area contributed by atoms with Gasteiger partial charge in [0.1, 0.15) is 0 Å². The van der Waals surface area contributed by atoms with E-state index in [2.05, 4.69) is 42.3 Å². The van der Waals surface area contributed by atoms with Crippen molar-refractivity contribution in [2.24, 2.45) is 0 Å². The van der Waals surface area contributed by atoms with Crippen LogP contribution in [0.2, 0.25) is 0 Å². The molecule has 0 aromatic heterocycles. The number of likely N-dealkylation sites (N-methyl/N-ethyl adjacent to an activating group) is 1. The predicted molar refractivity (Wildman–Crippen MR) is 101 cm³/mol. The number of carbonyl (C=O) groups excluding carboxylic acids is 1. The van der Waals surface area contributed by atoms with Crippen LogP contribution in [0.4, 0.5) is 5.69 Å². The van der Waals surface area contributed by atoms with Crippen LogP contribution >= 0.6 is 0 Å². The maximum Gasteiger partial charge on any atom is 0.241 e. The minimum absolute atomic E-state index is 0.0321. The first-order valence-corrected chi connectivity index (χ1v) is 8.54. The molecule has 3 nitrogen and oxygen atoms in total. The maximum atomic E-state index is 12.7. The van der Waals surface area contributed by atoms with Crippen molar-refractivity contribution < 1.29 is 4.79 Å². The molecule has 0 saturated carbocycles. The lowest BCUT2D eigenvalue weighted by atomic mass is 9.98. The summed E-state index contributed by atoms with van der Waals surface area (Å²) in [4.78, 5) is 14.8. The largest absolute Gasteiger partial charge is 0.324 e. The lowest BCUT2D eigenvalue weighted by Gasteiger charge is -2.25. The fourth-order valence-electron chi connectivity index (χ4n) is 2.78. The number of nitrogens with zero attached hydrogens (tertiary/aromatic N) is 1. The Kier molecular flexibility index (Phi) is 6.16. The molecule has 0 radical (unpaired) electrons. The Morgan fingerprint density at radius 2 is 1.71 bits per heavy atom. The number of benzene rings is 2. The van der Waals surface area contributed by atoms with E-state index in [0.29, 0.717) is 5.92 Å². The zero-order valence-corrected chi connectivity index (χ0v) is 15.3. The second-order valence-corrected chi connectivity index (χ2v) is 6.76. The van der Waals surface area contributed by atoms with Gasteiger partial charge in [0.05, 0.1) is 6.04 Å². The minimum atomic E-state index is -0.204. The van der Waals surface area contributed by atoms with Crippen molar-refractivity contribution in [2.45, 2.75) is 46.2 Å². The molecular formula is C21H28N2O. The van der Waals surface area contributed by atoms with Gasteiger partial charge in [0, 0.05) is 12.2 Å². The van der Waals surface area contributed by atoms with Gasteiger partial charge < -0.3 is 5.32 Å². The zero-order chi connectivity index (χ0) is 17.7. The summed E-state index contributed by atoms with van der Waals surface area (Å²) in [5.41, 5.74) is 4.45. The van der Waals surface area contributed by atoms with E-state index in [1.807, 2.05) is 51.2 Å². The maximum absolute atomic E-state index is 12.7. The number of carbonyl (C=O) groups is 1. The zero-order valence-electron chi connectivity index (χ0n) is 15.3. The van der Waals surface area contributed by atoms with Crippen molar-refractivity contribution in [3.63, 3.8) is 0 Å². The molecule has 1 atom stereocenters. The Morgan fingerprint density at radius 3 is 2.33 bits per heavy atom. The molecular weight excluding hydrogens is 296 g/mol. The van der Waals surface area contributed by atoms with E-state index in [-0.39, 0.29) is 11.9 Å². The average Bonchev–Trinajstić information content (AvgIpc) is 2.56. The first kappa shape index (κ1) is 18.2. The van der Waals surface area contributed by atoms with Gasteiger partial charge in [-0.05, 0) is 43.5 Å². The van der Waals surface area contributed by atoms with E-state index in [1.165, 1.54) is 11.1 Å². The summed E-state index contributed by atoms with van der Waals surface area (Å²) >= 11 is 0. The number of para-hydroxylation sites is 1. The fraction of sp³-hybridized carbons (Fsp3) is 0.381. The van der Waals surface area contributed by atoms with Gasteiger partial charge in [-0.3, -0.25) is 9.69 Å². The van der Waals surface area contributed by atoms with Gasteiger partial charge in [-0.2, -0.15) is 0 Å².